The van der Waals surface area contributed by atoms with Crippen molar-refractivity contribution in [1.29, 1.82) is 0 Å². The maximum atomic E-state index is 11.6. The normalized spacial score (nSPS) is 12.7. The van der Waals surface area contributed by atoms with Crippen LogP contribution in [0.4, 0.5) is 0 Å². The summed E-state index contributed by atoms with van der Waals surface area (Å²) >= 11 is 1.52. The molecule has 0 saturated heterocycles. The number of carbonyl (C=O) groups excluding carboxylic acids is 1. The number of amides is 1. The lowest BCUT2D eigenvalue weighted by Gasteiger charge is -2.10. The van der Waals surface area contributed by atoms with Crippen molar-refractivity contribution >= 4 is 33.2 Å². The van der Waals surface area contributed by atoms with Crippen molar-refractivity contribution in [2.24, 2.45) is 0 Å². The summed E-state index contributed by atoms with van der Waals surface area (Å²) < 4.78 is 1.10. The van der Waals surface area contributed by atoms with Crippen LogP contribution in [0.15, 0.2) is 84.9 Å². The molecule has 0 radical (unpaired) electrons. The summed E-state index contributed by atoms with van der Waals surface area (Å²) in [6, 6.07) is 26.3. The van der Waals surface area contributed by atoms with Crippen LogP contribution in [0.25, 0.3) is 10.1 Å². The van der Waals surface area contributed by atoms with Gasteiger partial charge in [-0.2, -0.15) is 4.99 Å². The lowest BCUT2D eigenvalue weighted by Crippen LogP contribution is -2.75. The highest BCUT2D eigenvalue weighted by atomic mass is 32.1. The number of hydrogen-bond acceptors (Lipinski definition) is 3. The van der Waals surface area contributed by atoms with E-state index in [4.69, 9.17) is 5.21 Å². The number of nitrogens with one attached hydrogen (secondary N) is 2. The molecule has 0 saturated carbocycles. The molecule has 0 fully saturated rings. The number of fused-ring (bicyclic) bond motifs is 1. The third kappa shape index (κ3) is 4.03. The Labute approximate surface area is 171 Å². The predicted octanol–water partition coefficient (Wildman–Crippen LogP) is 3.20. The van der Waals surface area contributed by atoms with E-state index in [0.717, 1.165) is 26.1 Å². The highest BCUT2D eigenvalue weighted by Crippen LogP contribution is 2.25. The summed E-state index contributed by atoms with van der Waals surface area (Å²) in [6.07, 6.45) is 0. The molecule has 0 aliphatic heterocycles. The van der Waals surface area contributed by atoms with Crippen molar-refractivity contribution in [3.05, 3.63) is 106 Å². The summed E-state index contributed by atoms with van der Waals surface area (Å²) in [5, 5.41) is 20.7. The van der Waals surface area contributed by atoms with E-state index in [-0.39, 0.29) is 11.9 Å². The Morgan fingerprint density at radius 3 is 2.24 bits per heavy atom. The molecule has 3 aromatic carbocycles. The third-order valence-corrected chi connectivity index (χ3v) is 5.80. The number of benzene rings is 3. The van der Waals surface area contributed by atoms with Gasteiger partial charge in [0.1, 0.15) is 4.88 Å². The largest absolute Gasteiger partial charge is 0.459 e. The number of carbonyl (C=O) groups is 1. The van der Waals surface area contributed by atoms with Gasteiger partial charge >= 0.3 is 5.90 Å². The van der Waals surface area contributed by atoms with Gasteiger partial charge in [0.2, 0.25) is 6.04 Å². The first-order valence-electron chi connectivity index (χ1n) is 9.06. The molecule has 1 amide bonds. The van der Waals surface area contributed by atoms with Crippen molar-refractivity contribution in [2.45, 2.75) is 6.04 Å². The van der Waals surface area contributed by atoms with Gasteiger partial charge in [-0.3, -0.25) is 10.0 Å². The molecule has 0 bridgehead atoms. The van der Waals surface area contributed by atoms with E-state index in [1.165, 1.54) is 11.3 Å². The SMILES string of the molecule is O=C(NO)c1ccc([C@@H]([NH+]=C(O)c2cc3ccccc3s2)c2ccccc2)cc1. The second-order valence-corrected chi connectivity index (χ2v) is 7.63. The van der Waals surface area contributed by atoms with E-state index in [1.807, 2.05) is 60.7 Å². The van der Waals surface area contributed by atoms with Gasteiger partial charge in [-0.25, -0.2) is 5.48 Å². The summed E-state index contributed by atoms with van der Waals surface area (Å²) in [7, 11) is 0. The topological polar surface area (TPSA) is 83.5 Å². The van der Waals surface area contributed by atoms with E-state index in [9.17, 15) is 9.90 Å². The van der Waals surface area contributed by atoms with Crippen molar-refractivity contribution in [3.63, 3.8) is 0 Å². The van der Waals surface area contributed by atoms with Crippen LogP contribution in [0, 0.1) is 0 Å². The maximum Gasteiger partial charge on any atom is 0.376 e. The standard InChI is InChI=1S/C23H18N2O3S/c26-22(25-28)17-12-10-16(11-13-17)21(15-6-2-1-3-7-15)24-23(27)20-14-18-8-4-5-9-19(18)29-20/h1-14,21,28H,(H,24,27)(H,25,26)/p+1/t21-/m0/s1. The highest BCUT2D eigenvalue weighted by Gasteiger charge is 2.22. The van der Waals surface area contributed by atoms with Crippen molar-refractivity contribution < 1.29 is 20.1 Å². The van der Waals surface area contributed by atoms with Crippen molar-refractivity contribution in [1.82, 2.24) is 5.48 Å². The van der Waals surface area contributed by atoms with Crippen LogP contribution in [0.5, 0.6) is 0 Å². The van der Waals surface area contributed by atoms with Crippen LogP contribution in [0.1, 0.15) is 32.4 Å². The molecule has 4 N–H and O–H groups in total. The molecule has 1 aromatic heterocycles. The summed E-state index contributed by atoms with van der Waals surface area (Å²) in [4.78, 5) is 15.6. The Morgan fingerprint density at radius 1 is 0.897 bits per heavy atom. The predicted molar refractivity (Wildman–Crippen MR) is 114 cm³/mol. The average Bonchev–Trinajstić information content (AvgIpc) is 3.22. The van der Waals surface area contributed by atoms with Gasteiger partial charge in [-0.05, 0) is 29.7 Å². The lowest BCUT2D eigenvalue weighted by molar-refractivity contribution is -0.505. The Kier molecular flexibility index (Phi) is 5.37. The Hall–Kier alpha value is -3.48. The monoisotopic (exact) mass is 403 g/mol. The molecule has 5 nitrogen and oxygen atoms in total. The van der Waals surface area contributed by atoms with Crippen LogP contribution in [-0.2, 0) is 0 Å². The van der Waals surface area contributed by atoms with Gasteiger partial charge in [0.15, 0.2) is 0 Å². The number of thiophene rings is 1. The molecular weight excluding hydrogens is 384 g/mol. The molecule has 0 unspecified atom stereocenters. The molecule has 1 atom stereocenters. The van der Waals surface area contributed by atoms with Gasteiger partial charge in [-0.15, -0.1) is 11.3 Å². The summed E-state index contributed by atoms with van der Waals surface area (Å²) in [5.74, 6) is -0.474. The quantitative estimate of drug-likeness (QED) is 0.179. The van der Waals surface area contributed by atoms with E-state index >= 15 is 0 Å². The maximum absolute atomic E-state index is 11.6. The molecule has 0 aliphatic rings. The number of aliphatic hydroxyl groups is 1. The van der Waals surface area contributed by atoms with Crippen LogP contribution >= 0.6 is 11.3 Å². The number of aliphatic hydroxyl groups excluding tert-OH is 1. The fraction of sp³-hybridized carbons (Fsp3) is 0.0435. The molecule has 4 rings (SSSR count). The first-order valence-corrected chi connectivity index (χ1v) is 9.88. The van der Waals surface area contributed by atoms with Crippen LogP contribution < -0.4 is 10.5 Å². The molecule has 6 heteroatoms. The molecule has 1 heterocycles. The Bertz CT molecular complexity index is 1130. The van der Waals surface area contributed by atoms with Gasteiger partial charge < -0.3 is 5.11 Å². The summed E-state index contributed by atoms with van der Waals surface area (Å²) in [6.45, 7) is 0. The molecule has 144 valence electrons. The lowest BCUT2D eigenvalue weighted by atomic mass is 9.98. The van der Waals surface area contributed by atoms with Crippen LogP contribution in [-0.4, -0.2) is 22.1 Å². The number of hydrogen-bond donors (Lipinski definition) is 4. The van der Waals surface area contributed by atoms with Crippen molar-refractivity contribution in [3.8, 4) is 0 Å². The number of rotatable bonds is 5. The zero-order valence-corrected chi connectivity index (χ0v) is 16.2. The third-order valence-electron chi connectivity index (χ3n) is 4.68. The molecule has 0 aliphatic carbocycles. The fourth-order valence-electron chi connectivity index (χ4n) is 3.20. The second kappa shape index (κ2) is 8.26. The van der Waals surface area contributed by atoms with Gasteiger partial charge in [0.05, 0.1) is 0 Å². The first-order chi connectivity index (χ1) is 14.2. The summed E-state index contributed by atoms with van der Waals surface area (Å²) in [5.41, 5.74) is 3.82. The Morgan fingerprint density at radius 2 is 1.55 bits per heavy atom. The molecule has 4 aromatic rings. The van der Waals surface area contributed by atoms with Crippen molar-refractivity contribution in [2.75, 3.05) is 0 Å². The van der Waals surface area contributed by atoms with E-state index in [2.05, 4.69) is 4.99 Å². The minimum Gasteiger partial charge on any atom is -0.459 e. The van der Waals surface area contributed by atoms with Gasteiger partial charge in [-0.1, -0.05) is 60.7 Å². The minimum absolute atomic E-state index is 0.0947. The average molecular weight is 403 g/mol. The molecular formula is C23H19N2O3S+. The number of hydroxylamine groups is 1. The van der Waals surface area contributed by atoms with Gasteiger partial charge in [0.25, 0.3) is 5.91 Å². The zero-order valence-electron chi connectivity index (χ0n) is 15.4. The second-order valence-electron chi connectivity index (χ2n) is 6.55. The molecule has 29 heavy (non-hydrogen) atoms. The highest BCUT2D eigenvalue weighted by molar-refractivity contribution is 7.20. The van der Waals surface area contributed by atoms with E-state index in [1.54, 1.807) is 29.7 Å². The zero-order chi connectivity index (χ0) is 20.2. The first kappa shape index (κ1) is 18.9. The minimum atomic E-state index is -0.569. The smallest absolute Gasteiger partial charge is 0.376 e. The Balaban J connectivity index is 1.74. The molecule has 0 spiro atoms. The fourth-order valence-corrected chi connectivity index (χ4v) is 4.17. The van der Waals surface area contributed by atoms with Crippen LogP contribution in [0.3, 0.4) is 0 Å². The van der Waals surface area contributed by atoms with E-state index in [0.29, 0.717) is 5.56 Å². The van der Waals surface area contributed by atoms with Gasteiger partial charge in [0, 0.05) is 21.4 Å². The van der Waals surface area contributed by atoms with Crippen LogP contribution in [0.2, 0.25) is 0 Å². The van der Waals surface area contributed by atoms with E-state index < -0.39 is 5.91 Å².